The summed E-state index contributed by atoms with van der Waals surface area (Å²) in [6, 6.07) is -0.629. The van der Waals surface area contributed by atoms with Crippen molar-refractivity contribution in [1.82, 2.24) is 15.1 Å². The van der Waals surface area contributed by atoms with Crippen molar-refractivity contribution in [3.8, 4) is 0 Å². The lowest BCUT2D eigenvalue weighted by atomic mass is 10.3. The molecule has 0 fully saturated rings. The highest BCUT2D eigenvalue weighted by Gasteiger charge is 2.16. The van der Waals surface area contributed by atoms with Gasteiger partial charge in [0.15, 0.2) is 0 Å². The lowest BCUT2D eigenvalue weighted by Crippen LogP contribution is -2.40. The highest BCUT2D eigenvalue weighted by molar-refractivity contribution is 6.30. The van der Waals surface area contributed by atoms with E-state index in [9.17, 15) is 4.79 Å². The summed E-state index contributed by atoms with van der Waals surface area (Å²) in [5, 5.41) is 16.1. The Balaban J connectivity index is 2.59. The Labute approximate surface area is 86.7 Å². The van der Waals surface area contributed by atoms with Crippen molar-refractivity contribution >= 4 is 17.6 Å². The summed E-state index contributed by atoms with van der Waals surface area (Å²) in [5.74, 6) is -0.890. The smallest absolute Gasteiger partial charge is 0.322 e. The van der Waals surface area contributed by atoms with E-state index in [4.69, 9.17) is 16.7 Å². The van der Waals surface area contributed by atoms with Crippen LogP contribution >= 0.6 is 11.6 Å². The van der Waals surface area contributed by atoms with Gasteiger partial charge in [-0.3, -0.25) is 9.48 Å². The number of aliphatic carboxylic acids is 1. The van der Waals surface area contributed by atoms with Crippen LogP contribution in [0.3, 0.4) is 0 Å². The molecule has 0 amide bonds. The van der Waals surface area contributed by atoms with E-state index < -0.39 is 12.0 Å². The average molecular weight is 218 g/mol. The second-order valence-electron chi connectivity index (χ2n) is 2.83. The molecule has 1 rings (SSSR count). The standard InChI is InChI=1S/C8H12ClN3O2/c1-2-10-7(8(13)14)5-12-4-6(9)3-11-12/h3-4,7,10H,2,5H2,1H3,(H,13,14). The summed E-state index contributed by atoms with van der Waals surface area (Å²) in [7, 11) is 0. The fourth-order valence-electron chi connectivity index (χ4n) is 1.10. The van der Waals surface area contributed by atoms with Crippen LogP contribution in [0.15, 0.2) is 12.4 Å². The predicted octanol–water partition coefficient (Wildman–Crippen LogP) is 0.599. The molecule has 1 atom stereocenters. The van der Waals surface area contributed by atoms with Gasteiger partial charge in [0, 0.05) is 6.20 Å². The van der Waals surface area contributed by atoms with Gasteiger partial charge in [-0.2, -0.15) is 5.10 Å². The number of aromatic nitrogens is 2. The zero-order valence-electron chi connectivity index (χ0n) is 7.77. The maximum atomic E-state index is 10.8. The number of rotatable bonds is 5. The van der Waals surface area contributed by atoms with Crippen LogP contribution in [-0.4, -0.2) is 33.4 Å². The molecule has 0 aromatic carbocycles. The number of carbonyl (C=O) groups is 1. The molecular weight excluding hydrogens is 206 g/mol. The molecule has 0 saturated carbocycles. The van der Waals surface area contributed by atoms with E-state index in [1.165, 1.54) is 10.9 Å². The van der Waals surface area contributed by atoms with Crippen molar-refractivity contribution in [2.45, 2.75) is 19.5 Å². The van der Waals surface area contributed by atoms with E-state index >= 15 is 0 Å². The van der Waals surface area contributed by atoms with Crippen LogP contribution in [0.4, 0.5) is 0 Å². The Kier molecular flexibility index (Phi) is 3.91. The minimum Gasteiger partial charge on any atom is -0.480 e. The average Bonchev–Trinajstić information content (AvgIpc) is 2.50. The van der Waals surface area contributed by atoms with Crippen molar-refractivity contribution in [1.29, 1.82) is 0 Å². The highest BCUT2D eigenvalue weighted by atomic mass is 35.5. The van der Waals surface area contributed by atoms with Gasteiger partial charge < -0.3 is 10.4 Å². The lowest BCUT2D eigenvalue weighted by Gasteiger charge is -2.12. The zero-order valence-corrected chi connectivity index (χ0v) is 8.53. The summed E-state index contributed by atoms with van der Waals surface area (Å²) < 4.78 is 1.50. The maximum Gasteiger partial charge on any atom is 0.322 e. The van der Waals surface area contributed by atoms with Gasteiger partial charge in [-0.1, -0.05) is 18.5 Å². The predicted molar refractivity (Wildman–Crippen MR) is 52.3 cm³/mol. The molecular formula is C8H12ClN3O2. The van der Waals surface area contributed by atoms with Gasteiger partial charge >= 0.3 is 5.97 Å². The third-order valence-electron chi connectivity index (χ3n) is 1.72. The number of nitrogens with zero attached hydrogens (tertiary/aromatic N) is 2. The van der Waals surface area contributed by atoms with Crippen molar-refractivity contribution in [3.63, 3.8) is 0 Å². The van der Waals surface area contributed by atoms with Gasteiger partial charge in [0.2, 0.25) is 0 Å². The van der Waals surface area contributed by atoms with E-state index in [1.54, 1.807) is 6.20 Å². The topological polar surface area (TPSA) is 67.2 Å². The van der Waals surface area contributed by atoms with Gasteiger partial charge in [0.25, 0.3) is 0 Å². The van der Waals surface area contributed by atoms with Crippen molar-refractivity contribution in [2.75, 3.05) is 6.54 Å². The molecule has 0 aliphatic carbocycles. The molecule has 0 spiro atoms. The number of likely N-dealkylation sites (N-methyl/N-ethyl adjacent to an activating group) is 1. The Bertz CT molecular complexity index is 313. The van der Waals surface area contributed by atoms with Crippen LogP contribution in [0, 0.1) is 0 Å². The molecule has 6 heteroatoms. The molecule has 2 N–H and O–H groups in total. The Morgan fingerprint density at radius 3 is 3.00 bits per heavy atom. The first kappa shape index (κ1) is 11.0. The highest BCUT2D eigenvalue weighted by Crippen LogP contribution is 2.05. The second kappa shape index (κ2) is 4.97. The molecule has 0 radical (unpaired) electrons. The van der Waals surface area contributed by atoms with Gasteiger partial charge in [0.1, 0.15) is 6.04 Å². The van der Waals surface area contributed by atoms with Crippen LogP contribution in [0.5, 0.6) is 0 Å². The molecule has 1 unspecified atom stereocenters. The molecule has 0 aliphatic rings. The van der Waals surface area contributed by atoms with Gasteiger partial charge in [-0.25, -0.2) is 0 Å². The third kappa shape index (κ3) is 3.01. The summed E-state index contributed by atoms with van der Waals surface area (Å²) in [6.45, 7) is 2.73. The first-order valence-corrected chi connectivity index (χ1v) is 4.65. The molecule has 14 heavy (non-hydrogen) atoms. The van der Waals surface area contributed by atoms with Crippen LogP contribution in [0.25, 0.3) is 0 Å². The van der Waals surface area contributed by atoms with E-state index in [0.29, 0.717) is 11.6 Å². The number of hydrogen-bond donors (Lipinski definition) is 2. The summed E-state index contributed by atoms with van der Waals surface area (Å²) in [4.78, 5) is 10.8. The minimum atomic E-state index is -0.890. The second-order valence-corrected chi connectivity index (χ2v) is 3.27. The fourth-order valence-corrected chi connectivity index (χ4v) is 1.26. The quantitative estimate of drug-likeness (QED) is 0.758. The van der Waals surface area contributed by atoms with Crippen LogP contribution < -0.4 is 5.32 Å². The molecule has 1 heterocycles. The van der Waals surface area contributed by atoms with Gasteiger partial charge in [-0.15, -0.1) is 0 Å². The Morgan fingerprint density at radius 1 is 1.86 bits per heavy atom. The number of carboxylic acid groups (broad SMARTS) is 1. The van der Waals surface area contributed by atoms with E-state index in [0.717, 1.165) is 0 Å². The summed E-state index contributed by atoms with van der Waals surface area (Å²) in [5.41, 5.74) is 0. The fraction of sp³-hybridized carbons (Fsp3) is 0.500. The molecule has 1 aromatic rings. The van der Waals surface area contributed by atoms with E-state index in [-0.39, 0.29) is 6.54 Å². The van der Waals surface area contributed by atoms with Crippen LogP contribution in [-0.2, 0) is 11.3 Å². The van der Waals surface area contributed by atoms with Crippen LogP contribution in [0.2, 0.25) is 5.02 Å². The largest absolute Gasteiger partial charge is 0.480 e. The van der Waals surface area contributed by atoms with Crippen LogP contribution in [0.1, 0.15) is 6.92 Å². The van der Waals surface area contributed by atoms with Crippen molar-refractivity contribution in [2.24, 2.45) is 0 Å². The number of nitrogens with one attached hydrogen (secondary N) is 1. The molecule has 5 nitrogen and oxygen atoms in total. The molecule has 0 bridgehead atoms. The molecule has 0 saturated heterocycles. The monoisotopic (exact) mass is 217 g/mol. The van der Waals surface area contributed by atoms with Crippen molar-refractivity contribution < 1.29 is 9.90 Å². The molecule has 78 valence electrons. The Morgan fingerprint density at radius 2 is 2.57 bits per heavy atom. The zero-order chi connectivity index (χ0) is 10.6. The molecule has 1 aromatic heterocycles. The van der Waals surface area contributed by atoms with E-state index in [2.05, 4.69) is 10.4 Å². The SMILES string of the molecule is CCNC(Cn1cc(Cl)cn1)C(=O)O. The van der Waals surface area contributed by atoms with Crippen molar-refractivity contribution in [3.05, 3.63) is 17.4 Å². The first-order chi connectivity index (χ1) is 6.63. The van der Waals surface area contributed by atoms with E-state index in [1.807, 2.05) is 6.92 Å². The minimum absolute atomic E-state index is 0.274. The van der Waals surface area contributed by atoms with Gasteiger partial charge in [0.05, 0.1) is 17.8 Å². The van der Waals surface area contributed by atoms with Gasteiger partial charge in [-0.05, 0) is 6.54 Å². The number of hydrogen-bond acceptors (Lipinski definition) is 3. The normalized spacial score (nSPS) is 12.7. The lowest BCUT2D eigenvalue weighted by molar-refractivity contribution is -0.139. The molecule has 0 aliphatic heterocycles. The maximum absolute atomic E-state index is 10.8. The third-order valence-corrected chi connectivity index (χ3v) is 1.92. The first-order valence-electron chi connectivity index (χ1n) is 4.27. The number of carboxylic acids is 1. The summed E-state index contributed by atoms with van der Waals surface area (Å²) in [6.07, 6.45) is 3.07. The summed E-state index contributed by atoms with van der Waals surface area (Å²) >= 11 is 5.65. The Hall–Kier alpha value is -1.07. The number of halogens is 1.